The van der Waals surface area contributed by atoms with E-state index in [2.05, 4.69) is 15.3 Å². The van der Waals surface area contributed by atoms with E-state index in [-0.39, 0.29) is 47.0 Å². The number of aromatic nitrogens is 2. The van der Waals surface area contributed by atoms with E-state index < -0.39 is 12.0 Å². The second kappa shape index (κ2) is 14.7. The molecule has 1 aromatic carbocycles. The third kappa shape index (κ3) is 8.68. The van der Waals surface area contributed by atoms with E-state index in [4.69, 9.17) is 33.5 Å². The number of piperidine rings is 1. The van der Waals surface area contributed by atoms with Gasteiger partial charge in [-0.1, -0.05) is 35.9 Å². The first kappa shape index (κ1) is 30.9. The number of ether oxygens (including phenoxy) is 1. The zero-order valence-corrected chi connectivity index (χ0v) is 23.8. The van der Waals surface area contributed by atoms with Crippen LogP contribution in [0.1, 0.15) is 47.3 Å². The van der Waals surface area contributed by atoms with Crippen molar-refractivity contribution in [3.05, 3.63) is 46.2 Å². The molecule has 12 nitrogen and oxygen atoms in total. The molecule has 3 rings (SSSR count). The Morgan fingerprint density at radius 3 is 2.55 bits per heavy atom. The van der Waals surface area contributed by atoms with E-state index in [0.717, 1.165) is 11.1 Å². The molecule has 1 aliphatic rings. The lowest BCUT2D eigenvalue weighted by Gasteiger charge is -2.33. The monoisotopic (exact) mass is 574 g/mol. The van der Waals surface area contributed by atoms with Crippen molar-refractivity contribution < 1.29 is 19.1 Å². The Balaban J connectivity index is 1.60. The van der Waals surface area contributed by atoms with E-state index >= 15 is 0 Å². The van der Waals surface area contributed by atoms with Gasteiger partial charge in [0.05, 0.1) is 0 Å². The number of likely N-dealkylation sites (tertiary alicyclic amines) is 1. The lowest BCUT2D eigenvalue weighted by molar-refractivity contribution is -0.133. The quantitative estimate of drug-likeness (QED) is 0.311. The van der Waals surface area contributed by atoms with Gasteiger partial charge in [0, 0.05) is 52.5 Å². The third-order valence-corrected chi connectivity index (χ3v) is 7.22. The minimum Gasteiger partial charge on any atom is -0.446 e. The Hall–Kier alpha value is -3.64. The second-order valence-electron chi connectivity index (χ2n) is 10.1. The number of amides is 3. The Morgan fingerprint density at radius 1 is 1.18 bits per heavy atom. The van der Waals surface area contributed by atoms with Crippen LogP contribution in [0.4, 0.5) is 16.4 Å². The van der Waals surface area contributed by atoms with Gasteiger partial charge in [-0.05, 0) is 43.4 Å². The van der Waals surface area contributed by atoms with E-state index in [1.807, 2.05) is 31.2 Å². The topological polar surface area (TPSA) is 183 Å². The highest BCUT2D eigenvalue weighted by atomic mass is 35.5. The fraction of sp³-hybridized carbons (Fsp3) is 0.519. The van der Waals surface area contributed by atoms with Crippen LogP contribution in [0.5, 0.6) is 0 Å². The average Bonchev–Trinajstić information content (AvgIpc) is 2.93. The number of carbonyl (C=O) groups is 3. The Morgan fingerprint density at radius 2 is 1.88 bits per heavy atom. The van der Waals surface area contributed by atoms with Gasteiger partial charge in [-0.2, -0.15) is 0 Å². The van der Waals surface area contributed by atoms with Crippen molar-refractivity contribution in [2.75, 3.05) is 51.2 Å². The SMILES string of the molecule is Cc1ccccc1CC(CNC(=O)c1nc(Cl)c(N)nc1N)CN(C)C(=O)OC1CCN(C(=O)CCCN)CC1. The average molecular weight is 575 g/mol. The summed E-state index contributed by atoms with van der Waals surface area (Å²) in [6.07, 6.45) is 2.17. The van der Waals surface area contributed by atoms with Crippen molar-refractivity contribution in [2.45, 2.75) is 45.1 Å². The fourth-order valence-electron chi connectivity index (χ4n) is 4.61. The Bertz CT molecular complexity index is 1190. The van der Waals surface area contributed by atoms with Crippen LogP contribution in [-0.4, -0.2) is 83.6 Å². The Kier molecular flexibility index (Phi) is 11.3. The van der Waals surface area contributed by atoms with Crippen molar-refractivity contribution in [3.63, 3.8) is 0 Å². The zero-order valence-electron chi connectivity index (χ0n) is 23.1. The molecular weight excluding hydrogens is 536 g/mol. The number of aryl methyl sites for hydroxylation is 1. The van der Waals surface area contributed by atoms with Gasteiger partial charge in [-0.15, -0.1) is 0 Å². The van der Waals surface area contributed by atoms with Crippen LogP contribution in [0.15, 0.2) is 24.3 Å². The highest BCUT2D eigenvalue weighted by molar-refractivity contribution is 6.31. The minimum atomic E-state index is -0.542. The molecule has 2 aromatic rings. The molecule has 218 valence electrons. The smallest absolute Gasteiger partial charge is 0.409 e. The first-order valence-corrected chi connectivity index (χ1v) is 13.8. The maximum atomic E-state index is 13.0. The van der Waals surface area contributed by atoms with Crippen LogP contribution in [0.2, 0.25) is 5.15 Å². The van der Waals surface area contributed by atoms with Gasteiger partial charge in [0.15, 0.2) is 22.5 Å². The highest BCUT2D eigenvalue weighted by Gasteiger charge is 2.27. The largest absolute Gasteiger partial charge is 0.446 e. The van der Waals surface area contributed by atoms with Gasteiger partial charge < -0.3 is 37.1 Å². The van der Waals surface area contributed by atoms with Gasteiger partial charge in [-0.25, -0.2) is 14.8 Å². The van der Waals surface area contributed by atoms with Crippen LogP contribution >= 0.6 is 11.6 Å². The summed E-state index contributed by atoms with van der Waals surface area (Å²) >= 11 is 5.93. The highest BCUT2D eigenvalue weighted by Crippen LogP contribution is 2.20. The van der Waals surface area contributed by atoms with Crippen molar-refractivity contribution in [1.29, 1.82) is 0 Å². The number of hydrogen-bond acceptors (Lipinski definition) is 9. The van der Waals surface area contributed by atoms with Gasteiger partial charge in [0.2, 0.25) is 5.91 Å². The number of halogens is 1. The predicted octanol–water partition coefficient (Wildman–Crippen LogP) is 1.99. The standard InChI is InChI=1S/C27H39ClN8O4/c1-17-6-3-4-7-19(17)14-18(15-32-26(38)22-24(30)34-25(31)23(28)33-22)16-35(2)27(39)40-20-9-12-36(13-10-20)21(37)8-5-11-29/h3-4,6-7,18,20H,5,8-16,29H2,1-2H3,(H,32,38)(H4,30,31,34). The Labute approximate surface area is 239 Å². The lowest BCUT2D eigenvalue weighted by Crippen LogP contribution is -2.44. The summed E-state index contributed by atoms with van der Waals surface area (Å²) in [5.41, 5.74) is 19.0. The second-order valence-corrected chi connectivity index (χ2v) is 10.4. The number of nitrogens with zero attached hydrogens (tertiary/aromatic N) is 4. The number of anilines is 2. The van der Waals surface area contributed by atoms with E-state index in [1.165, 1.54) is 4.90 Å². The summed E-state index contributed by atoms with van der Waals surface area (Å²) in [6.45, 7) is 4.16. The number of nitrogens with one attached hydrogen (secondary N) is 1. The van der Waals surface area contributed by atoms with Crippen LogP contribution in [0, 0.1) is 12.8 Å². The molecule has 7 N–H and O–H groups in total. The molecule has 0 saturated carbocycles. The van der Waals surface area contributed by atoms with Gasteiger partial charge in [-0.3, -0.25) is 9.59 Å². The summed E-state index contributed by atoms with van der Waals surface area (Å²) in [4.78, 5) is 49.2. The number of carbonyl (C=O) groups excluding carboxylic acids is 3. The van der Waals surface area contributed by atoms with Crippen LogP contribution in [0.3, 0.4) is 0 Å². The fourth-order valence-corrected chi connectivity index (χ4v) is 4.74. The molecule has 40 heavy (non-hydrogen) atoms. The minimum absolute atomic E-state index is 0.0582. The van der Waals surface area contributed by atoms with Crippen LogP contribution < -0.4 is 22.5 Å². The molecule has 2 heterocycles. The molecule has 13 heteroatoms. The molecule has 1 fully saturated rings. The number of hydrogen-bond donors (Lipinski definition) is 4. The molecule has 0 radical (unpaired) electrons. The van der Waals surface area contributed by atoms with E-state index in [9.17, 15) is 14.4 Å². The van der Waals surface area contributed by atoms with Gasteiger partial charge >= 0.3 is 6.09 Å². The van der Waals surface area contributed by atoms with Gasteiger partial charge in [0.1, 0.15) is 6.10 Å². The molecule has 0 aliphatic carbocycles. The summed E-state index contributed by atoms with van der Waals surface area (Å²) in [5, 5.41) is 2.73. The van der Waals surface area contributed by atoms with Crippen molar-refractivity contribution >= 4 is 41.1 Å². The number of benzene rings is 1. The third-order valence-electron chi connectivity index (χ3n) is 6.94. The molecule has 1 saturated heterocycles. The summed E-state index contributed by atoms with van der Waals surface area (Å²) in [5.74, 6) is -0.787. The zero-order chi connectivity index (χ0) is 29.2. The number of rotatable bonds is 11. The molecule has 3 amide bonds. The summed E-state index contributed by atoms with van der Waals surface area (Å²) in [6, 6.07) is 7.95. The molecule has 0 spiro atoms. The number of nitrogens with two attached hydrogens (primary N) is 3. The predicted molar refractivity (Wildman–Crippen MR) is 154 cm³/mol. The first-order chi connectivity index (χ1) is 19.1. The number of nitrogen functional groups attached to an aromatic ring is 2. The summed E-state index contributed by atoms with van der Waals surface area (Å²) < 4.78 is 5.75. The molecule has 1 atom stereocenters. The van der Waals surface area contributed by atoms with E-state index in [1.54, 1.807) is 11.9 Å². The summed E-state index contributed by atoms with van der Waals surface area (Å²) in [7, 11) is 1.67. The molecule has 0 bridgehead atoms. The molecule has 1 aromatic heterocycles. The van der Waals surface area contributed by atoms with Gasteiger partial charge in [0.25, 0.3) is 5.91 Å². The lowest BCUT2D eigenvalue weighted by atomic mass is 9.95. The maximum absolute atomic E-state index is 13.0. The van der Waals surface area contributed by atoms with Crippen LogP contribution in [-0.2, 0) is 16.0 Å². The first-order valence-electron chi connectivity index (χ1n) is 13.4. The van der Waals surface area contributed by atoms with E-state index in [0.29, 0.717) is 58.3 Å². The maximum Gasteiger partial charge on any atom is 0.409 e. The normalized spacial score (nSPS) is 14.4. The molecule has 1 aliphatic heterocycles. The van der Waals surface area contributed by atoms with Crippen molar-refractivity contribution in [1.82, 2.24) is 25.1 Å². The molecule has 1 unspecified atom stereocenters. The van der Waals surface area contributed by atoms with Crippen LogP contribution in [0.25, 0.3) is 0 Å². The van der Waals surface area contributed by atoms with Crippen molar-refractivity contribution in [2.24, 2.45) is 11.7 Å². The molecular formula is C27H39ClN8O4. The van der Waals surface area contributed by atoms with Crippen molar-refractivity contribution in [3.8, 4) is 0 Å².